The van der Waals surface area contributed by atoms with Gasteiger partial charge in [-0.1, -0.05) is 0 Å². The predicted octanol–water partition coefficient (Wildman–Crippen LogP) is 0.00620. The molecule has 0 unspecified atom stereocenters. The molecule has 1 heterocycles. The summed E-state index contributed by atoms with van der Waals surface area (Å²) >= 11 is 0. The van der Waals surface area contributed by atoms with E-state index >= 15 is 0 Å². The second-order valence-corrected chi connectivity index (χ2v) is 3.63. The van der Waals surface area contributed by atoms with Gasteiger partial charge in [0, 0.05) is 0 Å². The van der Waals surface area contributed by atoms with Crippen molar-refractivity contribution in [1.29, 1.82) is 0 Å². The van der Waals surface area contributed by atoms with Crippen LogP contribution in [0.25, 0.3) is 0 Å². The minimum absolute atomic E-state index is 0.463. The fourth-order valence-electron chi connectivity index (χ4n) is 0.466. The third-order valence-electron chi connectivity index (χ3n) is 1.01. The third-order valence-corrected chi connectivity index (χ3v) is 1.82. The van der Waals surface area contributed by atoms with Gasteiger partial charge in [-0.15, -0.1) is 0 Å². The van der Waals surface area contributed by atoms with Gasteiger partial charge in [0.05, 0.1) is 0 Å². The maximum Gasteiger partial charge on any atom is 0.400 e. The zero-order chi connectivity index (χ0) is 7.83. The van der Waals surface area contributed by atoms with E-state index in [-0.39, 0.29) is 0 Å². The second-order valence-electron chi connectivity index (χ2n) is 2.35. The van der Waals surface area contributed by atoms with Gasteiger partial charge in [0.15, 0.2) is 5.67 Å². The Morgan fingerprint density at radius 1 is 1.40 bits per heavy atom. The molecule has 0 aromatic rings. The summed E-state index contributed by atoms with van der Waals surface area (Å²) in [4.78, 5) is 0. The predicted molar refractivity (Wildman–Crippen MR) is 30.3 cm³/mol. The number of hydrogen-bond donors (Lipinski definition) is 0. The van der Waals surface area contributed by atoms with E-state index in [1.54, 1.807) is 0 Å². The van der Waals surface area contributed by atoms with Gasteiger partial charge in [0.2, 0.25) is 0 Å². The lowest BCUT2D eigenvalue weighted by atomic mass is 10.2. The topological polar surface area (TPSA) is 52.6 Å². The monoisotopic (exact) mass is 170 g/mol. The van der Waals surface area contributed by atoms with E-state index in [9.17, 15) is 12.8 Å². The Morgan fingerprint density at radius 3 is 2.10 bits per heavy atom. The first-order chi connectivity index (χ1) is 4.41. The van der Waals surface area contributed by atoms with Crippen molar-refractivity contribution in [3.05, 3.63) is 0 Å². The van der Waals surface area contributed by atoms with Crippen molar-refractivity contribution in [2.75, 3.05) is 13.2 Å². The summed E-state index contributed by atoms with van der Waals surface area (Å²) in [6, 6.07) is 0. The minimum atomic E-state index is -3.89. The number of rotatable bonds is 0. The van der Waals surface area contributed by atoms with Gasteiger partial charge >= 0.3 is 10.4 Å². The van der Waals surface area contributed by atoms with Crippen molar-refractivity contribution in [3.63, 3.8) is 0 Å². The Bertz CT molecular complexity index is 203. The van der Waals surface area contributed by atoms with Crippen LogP contribution >= 0.6 is 0 Å². The van der Waals surface area contributed by atoms with Crippen LogP contribution in [0.3, 0.4) is 0 Å². The summed E-state index contributed by atoms with van der Waals surface area (Å²) in [6.07, 6.45) is 0. The van der Waals surface area contributed by atoms with Gasteiger partial charge in [-0.2, -0.15) is 8.42 Å². The molecule has 0 aromatic carbocycles. The number of halogens is 1. The molecule has 0 spiro atoms. The molecule has 0 aliphatic carbocycles. The smallest absolute Gasteiger partial charge is 0.245 e. The van der Waals surface area contributed by atoms with E-state index in [0.29, 0.717) is 0 Å². The maximum atomic E-state index is 12.7. The molecule has 0 radical (unpaired) electrons. The van der Waals surface area contributed by atoms with Crippen molar-refractivity contribution < 1.29 is 21.2 Å². The van der Waals surface area contributed by atoms with Crippen LogP contribution in [0, 0.1) is 0 Å². The molecule has 60 valence electrons. The van der Waals surface area contributed by atoms with Crippen molar-refractivity contribution >= 4 is 10.4 Å². The van der Waals surface area contributed by atoms with Gasteiger partial charge < -0.3 is 0 Å². The maximum absolute atomic E-state index is 12.7. The van der Waals surface area contributed by atoms with Gasteiger partial charge in [-0.25, -0.2) is 12.8 Å². The largest absolute Gasteiger partial charge is 0.400 e. The fraction of sp³-hybridized carbons (Fsp3) is 1.00. The number of alkyl halides is 1. The Balaban J connectivity index is 2.63. The van der Waals surface area contributed by atoms with E-state index in [1.807, 2.05) is 0 Å². The first-order valence-electron chi connectivity index (χ1n) is 2.64. The molecule has 1 saturated heterocycles. The molecular formula is C4H7FO4S. The van der Waals surface area contributed by atoms with Gasteiger partial charge in [-0.3, -0.25) is 0 Å². The molecular weight excluding hydrogens is 163 g/mol. The SMILES string of the molecule is CC1(F)COS(=O)(=O)OC1. The van der Waals surface area contributed by atoms with Crippen LogP contribution in [0.15, 0.2) is 0 Å². The summed E-state index contributed by atoms with van der Waals surface area (Å²) in [5, 5.41) is 0. The fourth-order valence-corrected chi connectivity index (χ4v) is 1.31. The highest BCUT2D eigenvalue weighted by Crippen LogP contribution is 2.19. The molecule has 6 heteroatoms. The first kappa shape index (κ1) is 7.90. The lowest BCUT2D eigenvalue weighted by molar-refractivity contribution is 0.00710. The molecule has 10 heavy (non-hydrogen) atoms. The summed E-state index contributed by atoms with van der Waals surface area (Å²) in [7, 11) is -3.89. The summed E-state index contributed by atoms with van der Waals surface area (Å²) in [5.74, 6) is 0. The van der Waals surface area contributed by atoms with Crippen LogP contribution in [0.4, 0.5) is 4.39 Å². The highest BCUT2D eigenvalue weighted by atomic mass is 32.3. The van der Waals surface area contributed by atoms with Crippen molar-refractivity contribution in [3.8, 4) is 0 Å². The van der Waals surface area contributed by atoms with Crippen LogP contribution in [-0.2, 0) is 18.8 Å². The zero-order valence-corrected chi connectivity index (χ0v) is 6.15. The summed E-state index contributed by atoms with van der Waals surface area (Å²) in [6.45, 7) is 0.284. The summed E-state index contributed by atoms with van der Waals surface area (Å²) in [5.41, 5.74) is -1.69. The Labute approximate surface area is 58.3 Å². The van der Waals surface area contributed by atoms with Gasteiger partial charge in [-0.05, 0) is 6.92 Å². The average Bonchev–Trinajstić information content (AvgIpc) is 1.79. The third kappa shape index (κ3) is 1.89. The molecule has 0 aromatic heterocycles. The minimum Gasteiger partial charge on any atom is -0.245 e. The number of hydrogen-bond acceptors (Lipinski definition) is 4. The van der Waals surface area contributed by atoms with Crippen LogP contribution in [0.2, 0.25) is 0 Å². The van der Waals surface area contributed by atoms with E-state index in [1.165, 1.54) is 6.92 Å². The van der Waals surface area contributed by atoms with E-state index in [0.717, 1.165) is 0 Å². The van der Waals surface area contributed by atoms with E-state index < -0.39 is 29.3 Å². The van der Waals surface area contributed by atoms with Gasteiger partial charge in [0.1, 0.15) is 13.2 Å². The van der Waals surface area contributed by atoms with Crippen molar-refractivity contribution in [1.82, 2.24) is 0 Å². The lowest BCUT2D eigenvalue weighted by Crippen LogP contribution is -2.39. The molecule has 1 fully saturated rings. The highest BCUT2D eigenvalue weighted by Gasteiger charge is 2.34. The van der Waals surface area contributed by atoms with Crippen LogP contribution < -0.4 is 0 Å². The van der Waals surface area contributed by atoms with Crippen LogP contribution in [0.5, 0.6) is 0 Å². The standard InChI is InChI=1S/C4H7FO4S/c1-4(5)2-8-10(6,7)9-3-4/h2-3H2,1H3. The Hall–Kier alpha value is -0.200. The molecule has 0 atom stereocenters. The molecule has 1 aliphatic heterocycles. The molecule has 0 bridgehead atoms. The molecule has 0 N–H and O–H groups in total. The quantitative estimate of drug-likeness (QED) is 0.513. The second kappa shape index (κ2) is 2.14. The molecule has 0 amide bonds. The molecule has 4 nitrogen and oxygen atoms in total. The molecule has 1 rings (SSSR count). The zero-order valence-electron chi connectivity index (χ0n) is 5.33. The average molecular weight is 170 g/mol. The highest BCUT2D eigenvalue weighted by molar-refractivity contribution is 7.81. The molecule has 0 saturated carbocycles. The normalized spacial score (nSPS) is 29.8. The van der Waals surface area contributed by atoms with Crippen molar-refractivity contribution in [2.45, 2.75) is 12.6 Å². The van der Waals surface area contributed by atoms with Crippen molar-refractivity contribution in [2.24, 2.45) is 0 Å². The summed E-state index contributed by atoms with van der Waals surface area (Å²) < 4.78 is 41.5. The van der Waals surface area contributed by atoms with E-state index in [2.05, 4.69) is 8.37 Å². The Kier molecular flexibility index (Phi) is 1.69. The van der Waals surface area contributed by atoms with Crippen LogP contribution in [-0.4, -0.2) is 27.3 Å². The lowest BCUT2D eigenvalue weighted by Gasteiger charge is -2.23. The van der Waals surface area contributed by atoms with Crippen LogP contribution in [0.1, 0.15) is 6.92 Å². The van der Waals surface area contributed by atoms with E-state index in [4.69, 9.17) is 0 Å². The first-order valence-corrected chi connectivity index (χ1v) is 3.97. The molecule has 1 aliphatic rings. The van der Waals surface area contributed by atoms with Gasteiger partial charge in [0.25, 0.3) is 0 Å². The Morgan fingerprint density at radius 2 is 1.80 bits per heavy atom.